The molecular formula is C13H17FN2O. The smallest absolute Gasteiger partial charge is 0.228 e. The Morgan fingerprint density at radius 3 is 2.47 bits per heavy atom. The molecule has 0 bridgehead atoms. The summed E-state index contributed by atoms with van der Waals surface area (Å²) in [5, 5.41) is 3.09. The van der Waals surface area contributed by atoms with Crippen molar-refractivity contribution in [1.29, 1.82) is 0 Å². The van der Waals surface area contributed by atoms with Gasteiger partial charge in [-0.25, -0.2) is 4.39 Å². The number of benzene rings is 1. The minimum absolute atomic E-state index is 0.0244. The number of halogens is 1. The van der Waals surface area contributed by atoms with Gasteiger partial charge in [0.05, 0.1) is 12.0 Å². The molecule has 1 unspecified atom stereocenters. The molecule has 1 heterocycles. The highest BCUT2D eigenvalue weighted by atomic mass is 19.1. The van der Waals surface area contributed by atoms with E-state index in [2.05, 4.69) is 5.32 Å². The zero-order valence-electron chi connectivity index (χ0n) is 10.1. The van der Waals surface area contributed by atoms with E-state index in [1.807, 2.05) is 6.92 Å². The van der Waals surface area contributed by atoms with Crippen LogP contribution in [0, 0.1) is 11.7 Å². The van der Waals surface area contributed by atoms with Crippen molar-refractivity contribution >= 4 is 5.91 Å². The molecular weight excluding hydrogens is 219 g/mol. The third kappa shape index (κ3) is 2.47. The largest absolute Gasteiger partial charge is 0.339 e. The minimum Gasteiger partial charge on any atom is -0.339 e. The number of amides is 1. The van der Waals surface area contributed by atoms with Gasteiger partial charge in [0.25, 0.3) is 0 Å². The fourth-order valence-electron chi connectivity index (χ4n) is 1.91. The standard InChI is InChI=1S/C13H17FN2O/c1-9(10-3-5-12(14)6-4-10)16(2)13(17)11-7-15-8-11/h3-6,9,11,15H,7-8H2,1-2H3. The normalized spacial score (nSPS) is 17.4. The summed E-state index contributed by atoms with van der Waals surface area (Å²) >= 11 is 0. The first kappa shape index (κ1) is 12.0. The molecule has 1 saturated heterocycles. The van der Waals surface area contributed by atoms with Gasteiger partial charge in [-0.2, -0.15) is 0 Å². The summed E-state index contributed by atoms with van der Waals surface area (Å²) in [6.07, 6.45) is 0. The number of rotatable bonds is 3. The first-order valence-electron chi connectivity index (χ1n) is 5.82. The number of nitrogens with one attached hydrogen (secondary N) is 1. The molecule has 1 aromatic rings. The van der Waals surface area contributed by atoms with E-state index in [9.17, 15) is 9.18 Å². The Labute approximate surface area is 101 Å². The van der Waals surface area contributed by atoms with Crippen molar-refractivity contribution in [2.75, 3.05) is 20.1 Å². The van der Waals surface area contributed by atoms with E-state index < -0.39 is 0 Å². The first-order valence-corrected chi connectivity index (χ1v) is 5.82. The van der Waals surface area contributed by atoms with Gasteiger partial charge in [0.1, 0.15) is 5.82 Å². The maximum Gasteiger partial charge on any atom is 0.228 e. The summed E-state index contributed by atoms with van der Waals surface area (Å²) in [5.74, 6) is 0.00148. The lowest BCUT2D eigenvalue weighted by molar-refractivity contribution is -0.137. The van der Waals surface area contributed by atoms with Crippen molar-refractivity contribution in [3.05, 3.63) is 35.6 Å². The van der Waals surface area contributed by atoms with Crippen LogP contribution in [0.15, 0.2) is 24.3 Å². The maximum atomic E-state index is 12.8. The quantitative estimate of drug-likeness (QED) is 0.864. The molecule has 1 atom stereocenters. The van der Waals surface area contributed by atoms with E-state index in [1.165, 1.54) is 12.1 Å². The number of carbonyl (C=O) groups is 1. The van der Waals surface area contributed by atoms with E-state index in [-0.39, 0.29) is 23.7 Å². The molecule has 1 aliphatic heterocycles. The summed E-state index contributed by atoms with van der Waals surface area (Å²) in [6.45, 7) is 3.48. The van der Waals surface area contributed by atoms with Gasteiger partial charge in [0.15, 0.2) is 0 Å². The lowest BCUT2D eigenvalue weighted by Gasteiger charge is -2.33. The predicted octanol–water partition coefficient (Wildman–Crippen LogP) is 1.56. The number of carbonyl (C=O) groups excluding carboxylic acids is 1. The lowest BCUT2D eigenvalue weighted by atomic mass is 9.99. The topological polar surface area (TPSA) is 32.3 Å². The second-order valence-electron chi connectivity index (χ2n) is 4.53. The molecule has 92 valence electrons. The fourth-order valence-corrected chi connectivity index (χ4v) is 1.91. The Morgan fingerprint density at radius 1 is 1.41 bits per heavy atom. The second-order valence-corrected chi connectivity index (χ2v) is 4.53. The average molecular weight is 236 g/mol. The summed E-state index contributed by atoms with van der Waals surface area (Å²) in [5.41, 5.74) is 0.953. The molecule has 0 aliphatic carbocycles. The van der Waals surface area contributed by atoms with Crippen LogP contribution in [0.1, 0.15) is 18.5 Å². The van der Waals surface area contributed by atoms with Crippen molar-refractivity contribution in [2.24, 2.45) is 5.92 Å². The molecule has 2 rings (SSSR count). The molecule has 0 radical (unpaired) electrons. The summed E-state index contributed by atoms with van der Waals surface area (Å²) < 4.78 is 12.8. The Bertz CT molecular complexity index is 400. The highest BCUT2D eigenvalue weighted by Gasteiger charge is 2.29. The summed E-state index contributed by atoms with van der Waals surface area (Å²) in [4.78, 5) is 13.8. The monoisotopic (exact) mass is 236 g/mol. The summed E-state index contributed by atoms with van der Waals surface area (Å²) in [6, 6.07) is 6.28. The van der Waals surface area contributed by atoms with Crippen molar-refractivity contribution in [2.45, 2.75) is 13.0 Å². The van der Waals surface area contributed by atoms with Gasteiger partial charge >= 0.3 is 0 Å². The fraction of sp³-hybridized carbons (Fsp3) is 0.462. The van der Waals surface area contributed by atoms with E-state index in [4.69, 9.17) is 0 Å². The Morgan fingerprint density at radius 2 is 2.00 bits per heavy atom. The van der Waals surface area contributed by atoms with Crippen LogP contribution in [0.5, 0.6) is 0 Å². The average Bonchev–Trinajstić information content (AvgIpc) is 2.25. The zero-order chi connectivity index (χ0) is 12.4. The number of hydrogen-bond acceptors (Lipinski definition) is 2. The molecule has 4 heteroatoms. The molecule has 1 N–H and O–H groups in total. The van der Waals surface area contributed by atoms with Crippen LogP contribution >= 0.6 is 0 Å². The van der Waals surface area contributed by atoms with Crippen LogP contribution in [0.3, 0.4) is 0 Å². The van der Waals surface area contributed by atoms with Gasteiger partial charge in [0, 0.05) is 20.1 Å². The molecule has 1 aromatic carbocycles. The van der Waals surface area contributed by atoms with Gasteiger partial charge in [-0.05, 0) is 24.6 Å². The van der Waals surface area contributed by atoms with Crippen molar-refractivity contribution in [3.8, 4) is 0 Å². The Hall–Kier alpha value is -1.42. The van der Waals surface area contributed by atoms with Crippen molar-refractivity contribution < 1.29 is 9.18 Å². The molecule has 1 aliphatic rings. The SMILES string of the molecule is CC(c1ccc(F)cc1)N(C)C(=O)C1CNC1. The maximum absolute atomic E-state index is 12.8. The van der Waals surface area contributed by atoms with E-state index >= 15 is 0 Å². The van der Waals surface area contributed by atoms with Crippen LogP contribution in [-0.4, -0.2) is 30.9 Å². The molecule has 3 nitrogen and oxygen atoms in total. The van der Waals surface area contributed by atoms with E-state index in [0.717, 1.165) is 18.7 Å². The molecule has 0 saturated carbocycles. The third-order valence-corrected chi connectivity index (χ3v) is 3.41. The molecule has 17 heavy (non-hydrogen) atoms. The van der Waals surface area contributed by atoms with E-state index in [1.54, 1.807) is 24.1 Å². The van der Waals surface area contributed by atoms with Crippen molar-refractivity contribution in [1.82, 2.24) is 10.2 Å². The molecule has 0 spiro atoms. The highest BCUT2D eigenvalue weighted by Crippen LogP contribution is 2.21. The Balaban J connectivity index is 2.05. The van der Waals surface area contributed by atoms with Gasteiger partial charge in [-0.1, -0.05) is 12.1 Å². The number of hydrogen-bond donors (Lipinski definition) is 1. The van der Waals surface area contributed by atoms with Gasteiger partial charge in [-0.15, -0.1) is 0 Å². The van der Waals surface area contributed by atoms with Crippen LogP contribution in [0.4, 0.5) is 4.39 Å². The zero-order valence-corrected chi connectivity index (χ0v) is 10.1. The van der Waals surface area contributed by atoms with Gasteiger partial charge < -0.3 is 10.2 Å². The van der Waals surface area contributed by atoms with Crippen LogP contribution in [0.25, 0.3) is 0 Å². The number of nitrogens with zero attached hydrogens (tertiary/aromatic N) is 1. The molecule has 1 fully saturated rings. The third-order valence-electron chi connectivity index (χ3n) is 3.41. The molecule has 1 amide bonds. The van der Waals surface area contributed by atoms with Crippen molar-refractivity contribution in [3.63, 3.8) is 0 Å². The van der Waals surface area contributed by atoms with Crippen LogP contribution in [-0.2, 0) is 4.79 Å². The highest BCUT2D eigenvalue weighted by molar-refractivity contribution is 5.80. The summed E-state index contributed by atoms with van der Waals surface area (Å²) in [7, 11) is 1.80. The second kappa shape index (κ2) is 4.84. The predicted molar refractivity (Wildman–Crippen MR) is 63.9 cm³/mol. The van der Waals surface area contributed by atoms with Crippen LogP contribution in [0.2, 0.25) is 0 Å². The lowest BCUT2D eigenvalue weighted by Crippen LogP contribution is -2.51. The molecule has 0 aromatic heterocycles. The van der Waals surface area contributed by atoms with Gasteiger partial charge in [-0.3, -0.25) is 4.79 Å². The first-order chi connectivity index (χ1) is 8.09. The minimum atomic E-state index is -0.252. The van der Waals surface area contributed by atoms with Crippen LogP contribution < -0.4 is 5.32 Å². The Kier molecular flexibility index (Phi) is 3.43. The van der Waals surface area contributed by atoms with E-state index in [0.29, 0.717) is 0 Å². The van der Waals surface area contributed by atoms with Gasteiger partial charge in [0.2, 0.25) is 5.91 Å².